The highest BCUT2D eigenvalue weighted by atomic mass is 19.4. The Morgan fingerprint density at radius 1 is 1.25 bits per heavy atom. The van der Waals surface area contributed by atoms with Crippen LogP contribution in [-0.2, 0) is 6.18 Å². The molecule has 1 aromatic carbocycles. The van der Waals surface area contributed by atoms with E-state index in [1.807, 2.05) is 11.8 Å². The van der Waals surface area contributed by atoms with E-state index in [1.54, 1.807) is 0 Å². The highest BCUT2D eigenvalue weighted by Gasteiger charge is 2.36. The Kier molecular flexibility index (Phi) is 4.35. The standard InChI is InChI=1S/C15H18F3NO/c1-11-5-3-2-4-8-19(11)14-7-6-12(10-20)9-13(14)15(16,17)18/h6-7,9-11H,2-5,8H2,1H3. The number of carbonyl (C=O) groups is 1. The molecular formula is C15H18F3NO. The third-order valence-corrected chi connectivity index (χ3v) is 3.82. The number of carbonyl (C=O) groups excluding carboxylic acids is 1. The molecule has 2 rings (SSSR count). The van der Waals surface area contributed by atoms with Gasteiger partial charge in [-0.2, -0.15) is 13.2 Å². The Morgan fingerprint density at radius 2 is 2.00 bits per heavy atom. The second-order valence-corrected chi connectivity index (χ2v) is 5.28. The number of alkyl halides is 3. The lowest BCUT2D eigenvalue weighted by Crippen LogP contribution is -2.34. The maximum absolute atomic E-state index is 13.2. The molecule has 0 aromatic heterocycles. The number of halogens is 3. The first-order chi connectivity index (χ1) is 9.43. The number of benzene rings is 1. The average molecular weight is 285 g/mol. The van der Waals surface area contributed by atoms with Crippen LogP contribution in [0.2, 0.25) is 0 Å². The van der Waals surface area contributed by atoms with Crippen molar-refractivity contribution >= 4 is 12.0 Å². The second kappa shape index (κ2) is 5.85. The van der Waals surface area contributed by atoms with E-state index in [-0.39, 0.29) is 17.3 Å². The van der Waals surface area contributed by atoms with E-state index < -0.39 is 11.7 Å². The molecule has 1 heterocycles. The van der Waals surface area contributed by atoms with Crippen LogP contribution >= 0.6 is 0 Å². The van der Waals surface area contributed by atoms with Crippen LogP contribution in [-0.4, -0.2) is 18.9 Å². The molecule has 20 heavy (non-hydrogen) atoms. The van der Waals surface area contributed by atoms with Crippen molar-refractivity contribution in [3.8, 4) is 0 Å². The molecule has 1 fully saturated rings. The molecular weight excluding hydrogens is 267 g/mol. The smallest absolute Gasteiger partial charge is 0.368 e. The molecule has 1 unspecified atom stereocenters. The van der Waals surface area contributed by atoms with Gasteiger partial charge in [-0.15, -0.1) is 0 Å². The average Bonchev–Trinajstić information content (AvgIpc) is 2.62. The van der Waals surface area contributed by atoms with Gasteiger partial charge in [-0.1, -0.05) is 12.8 Å². The van der Waals surface area contributed by atoms with E-state index >= 15 is 0 Å². The molecule has 0 aliphatic carbocycles. The van der Waals surface area contributed by atoms with Crippen molar-refractivity contribution in [3.05, 3.63) is 29.3 Å². The SMILES string of the molecule is CC1CCCCCN1c1ccc(C=O)cc1C(F)(F)F. The lowest BCUT2D eigenvalue weighted by Gasteiger charge is -2.32. The van der Waals surface area contributed by atoms with Crippen LogP contribution in [0.25, 0.3) is 0 Å². The maximum atomic E-state index is 13.2. The summed E-state index contributed by atoms with van der Waals surface area (Å²) in [6, 6.07) is 3.91. The lowest BCUT2D eigenvalue weighted by atomic mass is 10.1. The Bertz CT molecular complexity index is 484. The monoisotopic (exact) mass is 285 g/mol. The molecule has 0 saturated carbocycles. The van der Waals surface area contributed by atoms with Gasteiger partial charge in [0.15, 0.2) is 0 Å². The van der Waals surface area contributed by atoms with E-state index in [4.69, 9.17) is 0 Å². The van der Waals surface area contributed by atoms with Gasteiger partial charge in [-0.3, -0.25) is 4.79 Å². The summed E-state index contributed by atoms with van der Waals surface area (Å²) in [6.45, 7) is 2.59. The summed E-state index contributed by atoms with van der Waals surface area (Å²) >= 11 is 0. The summed E-state index contributed by atoms with van der Waals surface area (Å²) in [4.78, 5) is 12.5. The van der Waals surface area contributed by atoms with Crippen molar-refractivity contribution in [1.82, 2.24) is 0 Å². The van der Waals surface area contributed by atoms with Gasteiger partial charge >= 0.3 is 6.18 Å². The number of hydrogen-bond acceptors (Lipinski definition) is 2. The number of anilines is 1. The number of hydrogen-bond donors (Lipinski definition) is 0. The van der Waals surface area contributed by atoms with Crippen molar-refractivity contribution < 1.29 is 18.0 Å². The van der Waals surface area contributed by atoms with Crippen LogP contribution in [0.15, 0.2) is 18.2 Å². The van der Waals surface area contributed by atoms with Gasteiger partial charge in [0.1, 0.15) is 6.29 Å². The first kappa shape index (κ1) is 14.9. The van der Waals surface area contributed by atoms with E-state index in [2.05, 4.69) is 0 Å². The molecule has 0 N–H and O–H groups in total. The van der Waals surface area contributed by atoms with Gasteiger partial charge < -0.3 is 4.90 Å². The van der Waals surface area contributed by atoms with Crippen LogP contribution in [0.1, 0.15) is 48.5 Å². The summed E-state index contributed by atoms with van der Waals surface area (Å²) in [5.41, 5.74) is -0.461. The van der Waals surface area contributed by atoms with Gasteiger partial charge in [-0.05, 0) is 38.0 Å². The van der Waals surface area contributed by atoms with Crippen molar-refractivity contribution in [2.45, 2.75) is 44.8 Å². The van der Waals surface area contributed by atoms with Crippen LogP contribution < -0.4 is 4.90 Å². The van der Waals surface area contributed by atoms with Crippen LogP contribution in [0.5, 0.6) is 0 Å². The predicted molar refractivity (Wildman–Crippen MR) is 72.1 cm³/mol. The fourth-order valence-electron chi connectivity index (χ4n) is 2.74. The Hall–Kier alpha value is -1.52. The fraction of sp³-hybridized carbons (Fsp3) is 0.533. The molecule has 1 aliphatic rings. The van der Waals surface area contributed by atoms with Gasteiger partial charge in [0.25, 0.3) is 0 Å². The first-order valence-electron chi connectivity index (χ1n) is 6.86. The first-order valence-corrected chi connectivity index (χ1v) is 6.86. The van der Waals surface area contributed by atoms with Crippen LogP contribution in [0, 0.1) is 0 Å². The molecule has 2 nitrogen and oxygen atoms in total. The van der Waals surface area contributed by atoms with Crippen molar-refractivity contribution in [1.29, 1.82) is 0 Å². The molecule has 0 bridgehead atoms. The molecule has 110 valence electrons. The normalized spacial score (nSPS) is 20.6. The van der Waals surface area contributed by atoms with Gasteiger partial charge in [0.05, 0.1) is 5.56 Å². The number of aldehydes is 1. The highest BCUT2D eigenvalue weighted by Crippen LogP contribution is 2.38. The summed E-state index contributed by atoms with van der Waals surface area (Å²) < 4.78 is 39.6. The lowest BCUT2D eigenvalue weighted by molar-refractivity contribution is -0.137. The molecule has 0 radical (unpaired) electrons. The Labute approximate surface area is 116 Å². The fourth-order valence-corrected chi connectivity index (χ4v) is 2.74. The van der Waals surface area contributed by atoms with E-state index in [9.17, 15) is 18.0 Å². The minimum absolute atomic E-state index is 0.0588. The molecule has 0 spiro atoms. The summed E-state index contributed by atoms with van der Waals surface area (Å²) in [5, 5.41) is 0. The van der Waals surface area contributed by atoms with E-state index in [1.165, 1.54) is 12.1 Å². The van der Waals surface area contributed by atoms with Crippen LogP contribution in [0.4, 0.5) is 18.9 Å². The molecule has 1 aromatic rings. The minimum atomic E-state index is -4.44. The predicted octanol–water partition coefficient (Wildman–Crippen LogP) is 4.29. The number of nitrogens with zero attached hydrogens (tertiary/aromatic N) is 1. The summed E-state index contributed by atoms with van der Waals surface area (Å²) in [6.07, 6.45) is -0.102. The third-order valence-electron chi connectivity index (χ3n) is 3.82. The van der Waals surface area contributed by atoms with Crippen molar-refractivity contribution in [2.75, 3.05) is 11.4 Å². The zero-order valence-corrected chi connectivity index (χ0v) is 11.4. The van der Waals surface area contributed by atoms with Gasteiger partial charge in [-0.25, -0.2) is 0 Å². The zero-order chi connectivity index (χ0) is 14.8. The topological polar surface area (TPSA) is 20.3 Å². The minimum Gasteiger partial charge on any atom is -0.368 e. The Morgan fingerprint density at radius 3 is 2.65 bits per heavy atom. The zero-order valence-electron chi connectivity index (χ0n) is 11.4. The largest absolute Gasteiger partial charge is 0.418 e. The Balaban J connectivity index is 2.46. The van der Waals surface area contributed by atoms with Crippen LogP contribution in [0.3, 0.4) is 0 Å². The molecule has 1 aliphatic heterocycles. The van der Waals surface area contributed by atoms with Crippen molar-refractivity contribution in [2.24, 2.45) is 0 Å². The molecule has 0 amide bonds. The van der Waals surface area contributed by atoms with Gasteiger partial charge in [0, 0.05) is 23.8 Å². The van der Waals surface area contributed by atoms with E-state index in [0.717, 1.165) is 31.7 Å². The summed E-state index contributed by atoms with van der Waals surface area (Å²) in [5.74, 6) is 0. The molecule has 5 heteroatoms. The van der Waals surface area contributed by atoms with E-state index in [0.29, 0.717) is 12.8 Å². The maximum Gasteiger partial charge on any atom is 0.418 e. The second-order valence-electron chi connectivity index (χ2n) is 5.28. The quantitative estimate of drug-likeness (QED) is 0.756. The number of rotatable bonds is 2. The summed E-state index contributed by atoms with van der Waals surface area (Å²) in [7, 11) is 0. The van der Waals surface area contributed by atoms with Crippen molar-refractivity contribution in [3.63, 3.8) is 0 Å². The highest BCUT2D eigenvalue weighted by molar-refractivity contribution is 5.77. The molecule has 1 atom stereocenters. The molecule has 1 saturated heterocycles. The third kappa shape index (κ3) is 3.14. The van der Waals surface area contributed by atoms with Gasteiger partial charge in [0.2, 0.25) is 0 Å².